The zero-order chi connectivity index (χ0) is 62.1. The molecule has 15 N–H and O–H groups in total. The van der Waals surface area contributed by atoms with Gasteiger partial charge >= 0.3 is 0 Å². The standard InChI is InChI=1S/C70H82N12O6/c1-43-13-28-58-55(34-43)49(40-74-58)37-64(83)80-61(10-4-7-31-71)68(86)77-52-22-16-46(17-23-52)67(47-18-24-53(25-19-47)78-69(87)62(11-5-8-32-72)81-65(84)38-50-41-75-59-29-14-44(2)35-56(50)59)48-20-26-54(27-21-48)79-70(88)63(12-6-9-33-73)82-66(85)39-51-42-76-60-30-15-45(3)36-57(51)60/h13-30,34-36,40-42,61-63,67,74-76H,4-12,31-33,37-39,71-73H2,1-3H3,(H,77,86)(H,78,87)(H,79,88)(H,80,83)(H,81,84)(H,82,85)/t61-,62-,63-/m0/s1. The van der Waals surface area contributed by atoms with Crippen molar-refractivity contribution in [1.29, 1.82) is 0 Å². The van der Waals surface area contributed by atoms with E-state index < -0.39 is 18.1 Å². The Labute approximate surface area is 513 Å². The second kappa shape index (κ2) is 30.3. The van der Waals surface area contributed by atoms with Gasteiger partial charge in [-0.15, -0.1) is 0 Å². The summed E-state index contributed by atoms with van der Waals surface area (Å²) in [5.74, 6) is -2.25. The van der Waals surface area contributed by atoms with Gasteiger partial charge in [0, 0.05) is 74.3 Å². The maximum atomic E-state index is 14.1. The smallest absolute Gasteiger partial charge is 0.246 e. The Balaban J connectivity index is 0.930. The molecule has 88 heavy (non-hydrogen) atoms. The van der Waals surface area contributed by atoms with E-state index in [9.17, 15) is 28.8 Å². The van der Waals surface area contributed by atoms with Crippen LogP contribution >= 0.6 is 0 Å². The quantitative estimate of drug-likeness (QED) is 0.0150. The van der Waals surface area contributed by atoms with Gasteiger partial charge in [0.05, 0.1) is 19.3 Å². The lowest BCUT2D eigenvalue weighted by Gasteiger charge is -2.22. The van der Waals surface area contributed by atoms with Crippen molar-refractivity contribution in [3.05, 3.63) is 196 Å². The van der Waals surface area contributed by atoms with Gasteiger partial charge in [-0.05, 0) is 204 Å². The Kier molecular flexibility index (Phi) is 21.8. The van der Waals surface area contributed by atoms with E-state index in [-0.39, 0.29) is 60.6 Å². The molecule has 0 aliphatic heterocycles. The van der Waals surface area contributed by atoms with E-state index in [1.54, 1.807) is 0 Å². The summed E-state index contributed by atoms with van der Waals surface area (Å²) in [6, 6.07) is 38.3. The molecule has 0 aliphatic carbocycles. The van der Waals surface area contributed by atoms with Gasteiger partial charge in [-0.2, -0.15) is 0 Å². The number of H-pyrrole nitrogens is 3. The van der Waals surface area contributed by atoms with Gasteiger partial charge < -0.3 is 64.1 Å². The lowest BCUT2D eigenvalue weighted by molar-refractivity contribution is -0.126. The summed E-state index contributed by atoms with van der Waals surface area (Å²) in [4.78, 5) is 92.6. The van der Waals surface area contributed by atoms with Gasteiger partial charge in [-0.25, -0.2) is 0 Å². The van der Waals surface area contributed by atoms with E-state index in [4.69, 9.17) is 17.2 Å². The van der Waals surface area contributed by atoms with Crippen molar-refractivity contribution in [3.63, 3.8) is 0 Å². The third-order valence-electron chi connectivity index (χ3n) is 16.2. The van der Waals surface area contributed by atoms with Crippen molar-refractivity contribution in [1.82, 2.24) is 30.9 Å². The molecular formula is C70H82N12O6. The van der Waals surface area contributed by atoms with E-state index in [0.717, 1.165) is 82.8 Å². The molecule has 0 aliphatic rings. The van der Waals surface area contributed by atoms with Crippen LogP contribution in [0.15, 0.2) is 146 Å². The highest BCUT2D eigenvalue weighted by Gasteiger charge is 2.26. The van der Waals surface area contributed by atoms with Crippen LogP contribution < -0.4 is 49.1 Å². The lowest BCUT2D eigenvalue weighted by Crippen LogP contribution is -2.44. The van der Waals surface area contributed by atoms with Crippen molar-refractivity contribution < 1.29 is 28.8 Å². The van der Waals surface area contributed by atoms with E-state index in [2.05, 4.69) is 46.9 Å². The molecule has 0 fully saturated rings. The Bertz CT molecular complexity index is 3470. The molecule has 18 nitrogen and oxygen atoms in total. The predicted octanol–water partition coefficient (Wildman–Crippen LogP) is 9.62. The average molecular weight is 1190 g/mol. The van der Waals surface area contributed by atoms with Crippen molar-refractivity contribution >= 4 is 85.2 Å². The van der Waals surface area contributed by atoms with Crippen LogP contribution in [0.4, 0.5) is 17.1 Å². The van der Waals surface area contributed by atoms with Crippen LogP contribution in [-0.4, -0.2) is 88.2 Å². The number of aromatic amines is 3. The zero-order valence-electron chi connectivity index (χ0n) is 50.5. The average Bonchev–Trinajstić information content (AvgIpc) is 2.95. The van der Waals surface area contributed by atoms with Crippen molar-refractivity contribution in [2.24, 2.45) is 17.2 Å². The molecule has 6 aromatic carbocycles. The van der Waals surface area contributed by atoms with E-state index >= 15 is 0 Å². The zero-order valence-corrected chi connectivity index (χ0v) is 50.5. The van der Waals surface area contributed by atoms with Crippen LogP contribution in [-0.2, 0) is 48.0 Å². The van der Waals surface area contributed by atoms with Gasteiger partial charge in [0.2, 0.25) is 35.4 Å². The molecule has 9 aromatic rings. The number of unbranched alkanes of at least 4 members (excludes halogenated alkanes) is 3. The number of aryl methyl sites for hydroxylation is 3. The monoisotopic (exact) mass is 1190 g/mol. The minimum absolute atomic E-state index is 0.0998. The largest absolute Gasteiger partial charge is 0.361 e. The maximum Gasteiger partial charge on any atom is 0.246 e. The van der Waals surface area contributed by atoms with Crippen LogP contribution in [0, 0.1) is 20.8 Å². The van der Waals surface area contributed by atoms with Gasteiger partial charge in [-0.1, -0.05) is 71.3 Å². The summed E-state index contributed by atoms with van der Waals surface area (Å²) < 4.78 is 0. The predicted molar refractivity (Wildman–Crippen MR) is 351 cm³/mol. The second-order valence-electron chi connectivity index (χ2n) is 23.1. The normalized spacial score (nSPS) is 12.4. The Hall–Kier alpha value is -9.36. The molecule has 458 valence electrons. The number of benzene rings is 6. The third-order valence-corrected chi connectivity index (χ3v) is 16.2. The first kappa shape index (κ1) is 63.2. The summed E-state index contributed by atoms with van der Waals surface area (Å²) in [7, 11) is 0. The highest BCUT2D eigenvalue weighted by molar-refractivity contribution is 6.00. The van der Waals surface area contributed by atoms with Gasteiger partial charge in [-0.3, -0.25) is 28.8 Å². The topological polar surface area (TPSA) is 300 Å². The van der Waals surface area contributed by atoms with Crippen LogP contribution in [0.5, 0.6) is 0 Å². The fraction of sp³-hybridized carbons (Fsp3) is 0.314. The molecule has 0 saturated carbocycles. The number of nitrogens with one attached hydrogen (secondary N) is 9. The molecule has 0 radical (unpaired) electrons. The minimum atomic E-state index is -0.809. The summed E-state index contributed by atoms with van der Waals surface area (Å²) in [6.07, 6.45) is 11.0. The summed E-state index contributed by atoms with van der Waals surface area (Å²) in [5.41, 5.74) is 30.3. The minimum Gasteiger partial charge on any atom is -0.361 e. The number of amides is 6. The number of anilines is 3. The first-order valence-corrected chi connectivity index (χ1v) is 30.6. The van der Waals surface area contributed by atoms with E-state index in [0.29, 0.717) is 94.5 Å². The fourth-order valence-corrected chi connectivity index (χ4v) is 11.4. The molecule has 3 heterocycles. The van der Waals surface area contributed by atoms with Gasteiger partial charge in [0.25, 0.3) is 0 Å². The number of rotatable bonds is 30. The SMILES string of the molecule is Cc1ccc2[nH]cc(CC(=O)N[C@@H](CCCCN)C(=O)Nc3ccc(C(c4ccc(NC(=O)[C@H](CCCCN)NC(=O)Cc5c[nH]c6ccc(C)cc56)cc4)c4ccc(NC(=O)[C@H](CCCCN)NC(=O)Cc5c[nH]c6ccc(C)cc56)cc4)cc3)c2c1. The third kappa shape index (κ3) is 16.8. The molecular weight excluding hydrogens is 1100 g/mol. The molecule has 0 bridgehead atoms. The van der Waals surface area contributed by atoms with Gasteiger partial charge in [0.1, 0.15) is 18.1 Å². The molecule has 0 saturated heterocycles. The fourth-order valence-electron chi connectivity index (χ4n) is 11.4. The number of hydrogen-bond acceptors (Lipinski definition) is 9. The first-order chi connectivity index (χ1) is 42.6. The van der Waals surface area contributed by atoms with Gasteiger partial charge in [0.15, 0.2) is 0 Å². The molecule has 3 aromatic heterocycles. The highest BCUT2D eigenvalue weighted by Crippen LogP contribution is 2.35. The Morgan fingerprint density at radius 2 is 0.648 bits per heavy atom. The van der Waals surface area contributed by atoms with Crippen molar-refractivity contribution in [3.8, 4) is 0 Å². The number of hydrogen-bond donors (Lipinski definition) is 12. The molecule has 18 heteroatoms. The number of nitrogens with two attached hydrogens (primary N) is 3. The number of carbonyl (C=O) groups is 6. The van der Waals surface area contributed by atoms with E-state index in [1.165, 1.54) is 0 Å². The van der Waals surface area contributed by atoms with Crippen LogP contribution in [0.2, 0.25) is 0 Å². The van der Waals surface area contributed by atoms with Crippen molar-refractivity contribution in [2.75, 3.05) is 35.6 Å². The summed E-state index contributed by atoms with van der Waals surface area (Å²) in [5, 5.41) is 21.0. The Morgan fingerprint density at radius 1 is 0.375 bits per heavy atom. The van der Waals surface area contributed by atoms with Crippen LogP contribution in [0.3, 0.4) is 0 Å². The first-order valence-electron chi connectivity index (χ1n) is 30.6. The van der Waals surface area contributed by atoms with Crippen LogP contribution in [0.25, 0.3) is 32.7 Å². The molecule has 0 spiro atoms. The number of aromatic nitrogens is 3. The van der Waals surface area contributed by atoms with E-state index in [1.807, 2.05) is 167 Å². The summed E-state index contributed by atoms with van der Waals surface area (Å²) >= 11 is 0. The molecule has 3 atom stereocenters. The molecule has 6 amide bonds. The second-order valence-corrected chi connectivity index (χ2v) is 23.1. The lowest BCUT2D eigenvalue weighted by atomic mass is 9.85. The number of carbonyl (C=O) groups excluding carboxylic acids is 6. The van der Waals surface area contributed by atoms with Crippen molar-refractivity contribution in [2.45, 2.75) is 122 Å². The maximum absolute atomic E-state index is 14.1. The molecule has 9 rings (SSSR count). The molecule has 0 unspecified atom stereocenters. The van der Waals surface area contributed by atoms with Crippen LogP contribution in [0.1, 0.15) is 114 Å². The number of fused-ring (bicyclic) bond motifs is 3. The Morgan fingerprint density at radius 3 is 0.909 bits per heavy atom. The summed E-state index contributed by atoms with van der Waals surface area (Å²) in [6.45, 7) is 7.39. The highest BCUT2D eigenvalue weighted by atomic mass is 16.2.